The van der Waals surface area contributed by atoms with E-state index in [1.807, 2.05) is 9.80 Å². The molecular weight excluding hydrogens is 346 g/mol. The molecule has 1 aliphatic carbocycles. The fourth-order valence-corrected chi connectivity index (χ4v) is 3.11. The van der Waals surface area contributed by atoms with Crippen LogP contribution in [0.4, 0.5) is 11.8 Å². The van der Waals surface area contributed by atoms with Crippen LogP contribution in [0.15, 0.2) is 22.9 Å². The Balaban J connectivity index is 1.27. The van der Waals surface area contributed by atoms with Crippen molar-refractivity contribution in [1.82, 2.24) is 19.9 Å². The number of aromatic nitrogens is 3. The molecule has 9 heteroatoms. The van der Waals surface area contributed by atoms with Crippen molar-refractivity contribution in [2.75, 3.05) is 42.9 Å². The fourth-order valence-electron chi connectivity index (χ4n) is 3.11. The quantitative estimate of drug-likeness (QED) is 0.815. The van der Waals surface area contributed by atoms with Gasteiger partial charge in [-0.3, -0.25) is 4.79 Å². The maximum absolute atomic E-state index is 12.4. The van der Waals surface area contributed by atoms with Gasteiger partial charge in [-0.05, 0) is 18.9 Å². The smallest absolute Gasteiger partial charge is 0.234 e. The van der Waals surface area contributed by atoms with Crippen LogP contribution < -0.4 is 10.2 Å². The van der Waals surface area contributed by atoms with E-state index in [4.69, 9.17) is 4.42 Å². The van der Waals surface area contributed by atoms with Crippen LogP contribution in [0.5, 0.6) is 0 Å². The Morgan fingerprint density at radius 2 is 2.00 bits per heavy atom. The number of carbonyl (C=O) groups excluding carboxylic acids is 1. The highest BCUT2D eigenvalue weighted by atomic mass is 16.4. The van der Waals surface area contributed by atoms with Crippen LogP contribution in [0.1, 0.15) is 36.8 Å². The first-order chi connectivity index (χ1) is 13.2. The van der Waals surface area contributed by atoms with Crippen LogP contribution in [-0.4, -0.2) is 58.5 Å². The van der Waals surface area contributed by atoms with E-state index in [1.165, 1.54) is 0 Å². The third kappa shape index (κ3) is 4.00. The Hall–Kier alpha value is -3.15. The van der Waals surface area contributed by atoms with Crippen molar-refractivity contribution >= 4 is 17.7 Å². The van der Waals surface area contributed by atoms with Crippen LogP contribution >= 0.6 is 0 Å². The first-order valence-corrected chi connectivity index (χ1v) is 9.19. The molecule has 1 N–H and O–H groups in total. The lowest BCUT2D eigenvalue weighted by molar-refractivity contribution is -0.131. The monoisotopic (exact) mass is 367 g/mol. The third-order valence-corrected chi connectivity index (χ3v) is 4.77. The van der Waals surface area contributed by atoms with E-state index >= 15 is 0 Å². The second kappa shape index (κ2) is 7.61. The SMILES string of the molecule is N#Cc1nc(C2CC2)oc1N1CCN(C(=O)CCNc2ncccn2)CC1. The molecule has 4 rings (SSSR count). The van der Waals surface area contributed by atoms with Crippen molar-refractivity contribution in [1.29, 1.82) is 5.26 Å². The van der Waals surface area contributed by atoms with Gasteiger partial charge in [0, 0.05) is 57.5 Å². The molecule has 1 aliphatic heterocycles. The minimum absolute atomic E-state index is 0.0924. The highest BCUT2D eigenvalue weighted by Crippen LogP contribution is 2.41. The molecule has 0 aromatic carbocycles. The molecule has 2 aromatic heterocycles. The third-order valence-electron chi connectivity index (χ3n) is 4.77. The molecule has 1 saturated heterocycles. The van der Waals surface area contributed by atoms with Gasteiger partial charge in [-0.15, -0.1) is 0 Å². The predicted octanol–water partition coefficient (Wildman–Crippen LogP) is 1.36. The van der Waals surface area contributed by atoms with Gasteiger partial charge in [0.1, 0.15) is 6.07 Å². The van der Waals surface area contributed by atoms with Crippen LogP contribution in [0.3, 0.4) is 0 Å². The van der Waals surface area contributed by atoms with Gasteiger partial charge in [0.25, 0.3) is 0 Å². The first kappa shape index (κ1) is 17.3. The van der Waals surface area contributed by atoms with Crippen molar-refractivity contribution in [3.05, 3.63) is 30.0 Å². The molecule has 0 atom stereocenters. The maximum Gasteiger partial charge on any atom is 0.234 e. The fraction of sp³-hybridized carbons (Fsp3) is 0.500. The number of anilines is 2. The van der Waals surface area contributed by atoms with E-state index < -0.39 is 0 Å². The number of piperazine rings is 1. The predicted molar refractivity (Wildman–Crippen MR) is 97.1 cm³/mol. The average Bonchev–Trinajstić information content (AvgIpc) is 3.48. The summed E-state index contributed by atoms with van der Waals surface area (Å²) in [6, 6.07) is 3.87. The number of hydrogen-bond acceptors (Lipinski definition) is 8. The van der Waals surface area contributed by atoms with Gasteiger partial charge < -0.3 is 19.5 Å². The summed E-state index contributed by atoms with van der Waals surface area (Å²) in [4.78, 5) is 28.7. The molecule has 1 saturated carbocycles. The summed E-state index contributed by atoms with van der Waals surface area (Å²) in [6.07, 6.45) is 5.86. The summed E-state index contributed by atoms with van der Waals surface area (Å²) in [6.45, 7) is 2.97. The van der Waals surface area contributed by atoms with Crippen molar-refractivity contribution in [3.63, 3.8) is 0 Å². The van der Waals surface area contributed by atoms with Crippen LogP contribution in [0.25, 0.3) is 0 Å². The standard InChI is InChI=1S/C18H21N7O2/c19-12-14-17(27-16(23-14)13-2-3-13)25-10-8-24(9-11-25)15(26)4-7-22-18-20-5-1-6-21-18/h1,5-6,13H,2-4,7-11H2,(H,20,21,22). The molecule has 140 valence electrons. The molecule has 2 aromatic rings. The molecular formula is C18H21N7O2. The zero-order chi connectivity index (χ0) is 18.6. The average molecular weight is 367 g/mol. The van der Waals surface area contributed by atoms with Gasteiger partial charge in [0.2, 0.25) is 29.3 Å². The van der Waals surface area contributed by atoms with E-state index in [9.17, 15) is 10.1 Å². The van der Waals surface area contributed by atoms with Gasteiger partial charge in [-0.1, -0.05) is 0 Å². The number of nitriles is 1. The summed E-state index contributed by atoms with van der Waals surface area (Å²) in [7, 11) is 0. The molecule has 27 heavy (non-hydrogen) atoms. The summed E-state index contributed by atoms with van der Waals surface area (Å²) in [5, 5.41) is 12.4. The van der Waals surface area contributed by atoms with E-state index in [-0.39, 0.29) is 5.91 Å². The highest BCUT2D eigenvalue weighted by molar-refractivity contribution is 5.77. The maximum atomic E-state index is 12.4. The van der Waals surface area contributed by atoms with E-state index in [0.29, 0.717) is 68.5 Å². The van der Waals surface area contributed by atoms with E-state index in [2.05, 4.69) is 26.3 Å². The number of carbonyl (C=O) groups is 1. The number of hydrogen-bond donors (Lipinski definition) is 1. The number of nitrogens with zero attached hydrogens (tertiary/aromatic N) is 6. The number of nitrogens with one attached hydrogen (secondary N) is 1. The summed E-state index contributed by atoms with van der Waals surface area (Å²) in [5.41, 5.74) is 0.351. The molecule has 0 bridgehead atoms. The summed E-state index contributed by atoms with van der Waals surface area (Å²) < 4.78 is 5.84. The van der Waals surface area contributed by atoms with E-state index in [0.717, 1.165) is 12.8 Å². The first-order valence-electron chi connectivity index (χ1n) is 9.19. The Labute approximate surface area is 157 Å². The Kier molecular flexibility index (Phi) is 4.87. The van der Waals surface area contributed by atoms with E-state index in [1.54, 1.807) is 18.5 Å². The summed E-state index contributed by atoms with van der Waals surface area (Å²) >= 11 is 0. The zero-order valence-corrected chi connectivity index (χ0v) is 15.0. The molecule has 0 spiro atoms. The van der Waals surface area contributed by atoms with Crippen LogP contribution in [0.2, 0.25) is 0 Å². The number of rotatable bonds is 6. The largest absolute Gasteiger partial charge is 0.423 e. The molecule has 2 aliphatic rings. The zero-order valence-electron chi connectivity index (χ0n) is 15.0. The normalized spacial score (nSPS) is 16.9. The van der Waals surface area contributed by atoms with Gasteiger partial charge in [-0.2, -0.15) is 5.26 Å². The Morgan fingerprint density at radius 1 is 1.26 bits per heavy atom. The van der Waals surface area contributed by atoms with Gasteiger partial charge in [-0.25, -0.2) is 15.0 Å². The van der Waals surface area contributed by atoms with Gasteiger partial charge in [0.15, 0.2) is 0 Å². The molecule has 3 heterocycles. The minimum Gasteiger partial charge on any atom is -0.423 e. The Morgan fingerprint density at radius 3 is 2.67 bits per heavy atom. The topological polar surface area (TPSA) is 111 Å². The van der Waals surface area contributed by atoms with Crippen LogP contribution in [-0.2, 0) is 4.79 Å². The van der Waals surface area contributed by atoms with Gasteiger partial charge in [0.05, 0.1) is 0 Å². The Bertz CT molecular complexity index is 833. The second-order valence-electron chi connectivity index (χ2n) is 6.71. The minimum atomic E-state index is 0.0924. The molecule has 0 unspecified atom stereocenters. The lowest BCUT2D eigenvalue weighted by Gasteiger charge is -2.34. The molecule has 9 nitrogen and oxygen atoms in total. The van der Waals surface area contributed by atoms with Crippen molar-refractivity contribution in [2.45, 2.75) is 25.2 Å². The van der Waals surface area contributed by atoms with Gasteiger partial charge >= 0.3 is 0 Å². The molecule has 1 amide bonds. The lowest BCUT2D eigenvalue weighted by Crippen LogP contribution is -2.49. The number of oxazole rings is 1. The van der Waals surface area contributed by atoms with Crippen molar-refractivity contribution < 1.29 is 9.21 Å². The highest BCUT2D eigenvalue weighted by Gasteiger charge is 2.32. The second-order valence-corrected chi connectivity index (χ2v) is 6.71. The molecule has 0 radical (unpaired) electrons. The van der Waals surface area contributed by atoms with Crippen molar-refractivity contribution in [2.24, 2.45) is 0 Å². The van der Waals surface area contributed by atoms with Crippen LogP contribution in [0, 0.1) is 11.3 Å². The lowest BCUT2D eigenvalue weighted by atomic mass is 10.2. The summed E-state index contributed by atoms with van der Waals surface area (Å²) in [5.74, 6) is 2.21. The molecule has 2 fully saturated rings. The van der Waals surface area contributed by atoms with Crippen molar-refractivity contribution in [3.8, 4) is 6.07 Å². The number of amides is 1.